The van der Waals surface area contributed by atoms with Gasteiger partial charge in [0.15, 0.2) is 11.6 Å². The molecular weight excluding hydrogens is 264 g/mol. The second-order valence-electron chi connectivity index (χ2n) is 3.81. The largest absolute Gasteiger partial charge is 0.399 e. The molecule has 102 valence electrons. The molecule has 0 spiro atoms. The number of hydrogen-bond donors (Lipinski definition) is 3. The van der Waals surface area contributed by atoms with Crippen LogP contribution >= 0.6 is 0 Å². The maximum absolute atomic E-state index is 13.3. The van der Waals surface area contributed by atoms with Crippen molar-refractivity contribution < 1.29 is 17.2 Å². The van der Waals surface area contributed by atoms with E-state index in [9.17, 15) is 17.2 Å². The fourth-order valence-electron chi connectivity index (χ4n) is 1.32. The van der Waals surface area contributed by atoms with E-state index in [0.29, 0.717) is 6.42 Å². The molecule has 1 aromatic rings. The highest BCUT2D eigenvalue weighted by atomic mass is 32.2. The Morgan fingerprint density at radius 2 is 1.78 bits per heavy atom. The van der Waals surface area contributed by atoms with Crippen molar-refractivity contribution in [2.75, 3.05) is 30.4 Å². The number of sulfonamides is 1. The standard InChI is InChI=1S/C10H15F2N3O2S/c1-18(16,17)15-4-2-3-14-10-8(11)5-7(13)6-9(10)12/h5-6,14-15H,2-4,13H2,1H3. The first kappa shape index (κ1) is 14.7. The Balaban J connectivity index is 2.45. The van der Waals surface area contributed by atoms with Crippen LogP contribution in [0.15, 0.2) is 12.1 Å². The molecule has 0 unspecified atom stereocenters. The van der Waals surface area contributed by atoms with Crippen molar-refractivity contribution in [3.8, 4) is 0 Å². The van der Waals surface area contributed by atoms with Crippen molar-refractivity contribution in [2.45, 2.75) is 6.42 Å². The van der Waals surface area contributed by atoms with Crippen LogP contribution in [0.4, 0.5) is 20.2 Å². The molecule has 0 saturated carbocycles. The zero-order valence-corrected chi connectivity index (χ0v) is 10.7. The molecular formula is C10H15F2N3O2S. The second-order valence-corrected chi connectivity index (χ2v) is 5.64. The average molecular weight is 279 g/mol. The van der Waals surface area contributed by atoms with Gasteiger partial charge in [0.25, 0.3) is 0 Å². The molecule has 5 nitrogen and oxygen atoms in total. The molecule has 0 fully saturated rings. The van der Waals surface area contributed by atoms with Crippen LogP contribution in [0.5, 0.6) is 0 Å². The molecule has 0 radical (unpaired) electrons. The molecule has 4 N–H and O–H groups in total. The molecule has 1 rings (SSSR count). The van der Waals surface area contributed by atoms with E-state index in [1.807, 2.05) is 0 Å². The number of hydrogen-bond acceptors (Lipinski definition) is 4. The van der Waals surface area contributed by atoms with Gasteiger partial charge < -0.3 is 11.1 Å². The van der Waals surface area contributed by atoms with Crippen LogP contribution < -0.4 is 15.8 Å². The first-order chi connectivity index (χ1) is 8.29. The van der Waals surface area contributed by atoms with Gasteiger partial charge in [0, 0.05) is 18.8 Å². The zero-order chi connectivity index (χ0) is 13.8. The first-order valence-electron chi connectivity index (χ1n) is 5.22. The third kappa shape index (κ3) is 4.84. The lowest BCUT2D eigenvalue weighted by Crippen LogP contribution is -2.24. The molecule has 0 heterocycles. The number of anilines is 2. The van der Waals surface area contributed by atoms with Crippen molar-refractivity contribution in [2.24, 2.45) is 0 Å². The van der Waals surface area contributed by atoms with Crippen LogP contribution in [0.25, 0.3) is 0 Å². The first-order valence-corrected chi connectivity index (χ1v) is 7.12. The van der Waals surface area contributed by atoms with Crippen LogP contribution in [0.2, 0.25) is 0 Å². The number of nitrogens with two attached hydrogens (primary N) is 1. The molecule has 0 atom stereocenters. The highest BCUT2D eigenvalue weighted by molar-refractivity contribution is 7.88. The minimum absolute atomic E-state index is 0.00860. The van der Waals surface area contributed by atoms with Gasteiger partial charge in [0.05, 0.1) is 6.26 Å². The van der Waals surface area contributed by atoms with Crippen molar-refractivity contribution in [1.82, 2.24) is 4.72 Å². The second kappa shape index (κ2) is 5.96. The maximum Gasteiger partial charge on any atom is 0.208 e. The third-order valence-electron chi connectivity index (χ3n) is 2.08. The summed E-state index contributed by atoms with van der Waals surface area (Å²) in [6.45, 7) is 0.435. The summed E-state index contributed by atoms with van der Waals surface area (Å²) >= 11 is 0. The van der Waals surface area contributed by atoms with E-state index in [4.69, 9.17) is 5.73 Å². The van der Waals surface area contributed by atoms with Crippen molar-refractivity contribution in [1.29, 1.82) is 0 Å². The van der Waals surface area contributed by atoms with Gasteiger partial charge >= 0.3 is 0 Å². The summed E-state index contributed by atoms with van der Waals surface area (Å²) in [6.07, 6.45) is 1.44. The van der Waals surface area contributed by atoms with Gasteiger partial charge in [-0.15, -0.1) is 0 Å². The number of benzene rings is 1. The zero-order valence-electron chi connectivity index (χ0n) is 9.83. The van der Waals surface area contributed by atoms with Gasteiger partial charge in [-0.3, -0.25) is 0 Å². The number of nitrogens with one attached hydrogen (secondary N) is 2. The van der Waals surface area contributed by atoms with E-state index in [1.54, 1.807) is 0 Å². The number of halogens is 2. The van der Waals surface area contributed by atoms with Crippen molar-refractivity contribution in [3.05, 3.63) is 23.8 Å². The predicted octanol–water partition coefficient (Wildman–Crippen LogP) is 0.898. The average Bonchev–Trinajstić information content (AvgIpc) is 2.19. The van der Waals surface area contributed by atoms with Crippen molar-refractivity contribution in [3.63, 3.8) is 0 Å². The van der Waals surface area contributed by atoms with Crippen LogP contribution in [0.1, 0.15) is 6.42 Å². The molecule has 0 aliphatic carbocycles. The Bertz CT molecular complexity index is 497. The van der Waals surface area contributed by atoms with E-state index in [1.165, 1.54) is 0 Å². The molecule has 18 heavy (non-hydrogen) atoms. The lowest BCUT2D eigenvalue weighted by molar-refractivity contribution is 0.582. The van der Waals surface area contributed by atoms with E-state index in [0.717, 1.165) is 18.4 Å². The fraction of sp³-hybridized carbons (Fsp3) is 0.400. The highest BCUT2D eigenvalue weighted by Crippen LogP contribution is 2.21. The van der Waals surface area contributed by atoms with E-state index in [-0.39, 0.29) is 24.5 Å². The molecule has 0 aromatic heterocycles. The van der Waals surface area contributed by atoms with E-state index in [2.05, 4.69) is 10.0 Å². The lowest BCUT2D eigenvalue weighted by atomic mass is 10.2. The third-order valence-corrected chi connectivity index (χ3v) is 2.81. The Morgan fingerprint density at radius 1 is 1.22 bits per heavy atom. The Labute approximate surface area is 104 Å². The highest BCUT2D eigenvalue weighted by Gasteiger charge is 2.09. The molecule has 1 aromatic carbocycles. The summed E-state index contributed by atoms with van der Waals surface area (Å²) in [5.74, 6) is -1.55. The normalized spacial score (nSPS) is 11.5. The molecule has 0 bridgehead atoms. The summed E-state index contributed by atoms with van der Waals surface area (Å²) in [6, 6.07) is 2.03. The van der Waals surface area contributed by atoms with E-state index < -0.39 is 21.7 Å². The van der Waals surface area contributed by atoms with Crippen LogP contribution in [0.3, 0.4) is 0 Å². The Hall–Kier alpha value is -1.41. The summed E-state index contributed by atoms with van der Waals surface area (Å²) in [5.41, 5.74) is 5.02. The van der Waals surface area contributed by atoms with Gasteiger partial charge in [0.2, 0.25) is 10.0 Å². The summed E-state index contributed by atoms with van der Waals surface area (Å²) < 4.78 is 50.4. The predicted molar refractivity (Wildman–Crippen MR) is 66.7 cm³/mol. The summed E-state index contributed by atoms with van der Waals surface area (Å²) in [5, 5.41) is 2.55. The van der Waals surface area contributed by atoms with E-state index >= 15 is 0 Å². The quantitative estimate of drug-likeness (QED) is 0.533. The minimum atomic E-state index is -3.23. The summed E-state index contributed by atoms with van der Waals surface area (Å²) in [4.78, 5) is 0. The van der Waals surface area contributed by atoms with Crippen LogP contribution in [-0.4, -0.2) is 27.8 Å². The minimum Gasteiger partial charge on any atom is -0.399 e. The van der Waals surface area contributed by atoms with Gasteiger partial charge in [-0.1, -0.05) is 0 Å². The lowest BCUT2D eigenvalue weighted by Gasteiger charge is -2.09. The maximum atomic E-state index is 13.3. The van der Waals surface area contributed by atoms with Crippen LogP contribution in [0, 0.1) is 11.6 Å². The summed E-state index contributed by atoms with van der Waals surface area (Å²) in [7, 11) is -3.23. The molecule has 0 aliphatic heterocycles. The van der Waals surface area contributed by atoms with Crippen LogP contribution in [-0.2, 0) is 10.0 Å². The van der Waals surface area contributed by atoms with Gasteiger partial charge in [-0.25, -0.2) is 21.9 Å². The van der Waals surface area contributed by atoms with Crippen molar-refractivity contribution >= 4 is 21.4 Å². The molecule has 0 saturated heterocycles. The van der Waals surface area contributed by atoms with Gasteiger partial charge in [-0.05, 0) is 18.6 Å². The Morgan fingerprint density at radius 3 is 2.28 bits per heavy atom. The number of rotatable bonds is 6. The molecule has 0 amide bonds. The fourth-order valence-corrected chi connectivity index (χ4v) is 1.84. The van der Waals surface area contributed by atoms with Gasteiger partial charge in [0.1, 0.15) is 5.69 Å². The smallest absolute Gasteiger partial charge is 0.208 e. The monoisotopic (exact) mass is 279 g/mol. The number of nitrogen functional groups attached to an aromatic ring is 1. The Kier molecular flexibility index (Phi) is 4.85. The molecule has 0 aliphatic rings. The SMILES string of the molecule is CS(=O)(=O)NCCCNc1c(F)cc(N)cc1F. The van der Waals surface area contributed by atoms with Gasteiger partial charge in [-0.2, -0.15) is 0 Å². The molecule has 8 heteroatoms. The topological polar surface area (TPSA) is 84.2 Å².